The Hall–Kier alpha value is 0.540. The Labute approximate surface area is 171 Å². The van der Waals surface area contributed by atoms with Crippen LogP contribution < -0.4 is 0 Å². The molecule has 27 heavy (non-hydrogen) atoms. The van der Waals surface area contributed by atoms with Crippen LogP contribution in [0.5, 0.6) is 0 Å². The third-order valence-corrected chi connectivity index (χ3v) is 10.6. The minimum absolute atomic E-state index is 0.288. The Morgan fingerprint density at radius 3 is 1.22 bits per heavy atom. The van der Waals surface area contributed by atoms with Crippen molar-refractivity contribution in [1.82, 2.24) is 0 Å². The van der Waals surface area contributed by atoms with Gasteiger partial charge in [0.25, 0.3) is 0 Å². The molecule has 0 aromatic heterocycles. The molecule has 0 saturated heterocycles. The maximum atomic E-state index is 11.1. The first-order valence-electron chi connectivity index (χ1n) is 11.4. The van der Waals surface area contributed by atoms with Crippen molar-refractivity contribution in [1.29, 1.82) is 0 Å². The van der Waals surface area contributed by atoms with Crippen molar-refractivity contribution >= 4 is 15.1 Å². The first-order valence-corrected chi connectivity index (χ1v) is 16.0. The van der Waals surface area contributed by atoms with Crippen LogP contribution in [0.25, 0.3) is 0 Å². The molecule has 4 nitrogen and oxygen atoms in total. The molecule has 0 fully saturated rings. The van der Waals surface area contributed by atoms with Gasteiger partial charge in [0.1, 0.15) is 0 Å². The third-order valence-electron chi connectivity index (χ3n) is 4.91. The van der Waals surface area contributed by atoms with Crippen LogP contribution in [-0.4, -0.2) is 43.3 Å². The summed E-state index contributed by atoms with van der Waals surface area (Å²) in [6, 6.07) is 0. The average molecular weight is 429 g/mol. The molecule has 1 N–H and O–H groups in total. The maximum absolute atomic E-state index is 11.1. The summed E-state index contributed by atoms with van der Waals surface area (Å²) >= 11 is 0. The first-order chi connectivity index (χ1) is 12.8. The van der Waals surface area contributed by atoms with E-state index in [9.17, 15) is 4.57 Å². The van der Waals surface area contributed by atoms with Gasteiger partial charge in [-0.2, -0.15) is 0 Å². The predicted octanol–water partition coefficient (Wildman–Crippen LogP) is 7.49. The third kappa shape index (κ3) is 21.1. The molecule has 0 aliphatic rings. The number of hydrogen-bond acceptors (Lipinski definition) is 3. The summed E-state index contributed by atoms with van der Waals surface area (Å²) < 4.78 is 20.5. The van der Waals surface area contributed by atoms with E-state index in [1.54, 1.807) is 18.5 Å². The van der Waals surface area contributed by atoms with Gasteiger partial charge in [-0.25, -0.2) is 4.57 Å². The van der Waals surface area contributed by atoms with Crippen molar-refractivity contribution in [2.45, 2.75) is 98.8 Å². The molecule has 0 atom stereocenters. The van der Waals surface area contributed by atoms with Gasteiger partial charge in [-0.3, -0.25) is 9.05 Å². The fraction of sp³-hybridized carbons (Fsp3) is 1.00. The molecule has 0 aromatic rings. The Kier molecular flexibility index (Phi) is 21.9. The molecular formula is C21H50O4P2. The van der Waals surface area contributed by atoms with Crippen LogP contribution >= 0.6 is 15.1 Å². The fourth-order valence-electron chi connectivity index (χ4n) is 2.87. The predicted molar refractivity (Wildman–Crippen MR) is 125 cm³/mol. The van der Waals surface area contributed by atoms with Gasteiger partial charge in [-0.15, -0.1) is 0 Å². The van der Waals surface area contributed by atoms with Crippen molar-refractivity contribution in [3.63, 3.8) is 0 Å². The fourth-order valence-corrected chi connectivity index (χ4v) is 8.04. The zero-order valence-electron chi connectivity index (χ0n) is 19.2. The van der Waals surface area contributed by atoms with Crippen LogP contribution in [-0.2, 0) is 13.6 Å². The quantitative estimate of drug-likeness (QED) is 0.193. The van der Waals surface area contributed by atoms with Gasteiger partial charge in [0.2, 0.25) is 0 Å². The summed E-state index contributed by atoms with van der Waals surface area (Å²) in [6.45, 7) is 14.2. The molecule has 0 heterocycles. The second-order valence-electron chi connectivity index (χ2n) is 7.96. The van der Waals surface area contributed by atoms with Crippen LogP contribution in [0, 0.1) is 0 Å². The van der Waals surface area contributed by atoms with Gasteiger partial charge in [-0.05, 0) is 12.8 Å². The normalized spacial score (nSPS) is 12.6. The van der Waals surface area contributed by atoms with E-state index in [0.29, 0.717) is 0 Å². The van der Waals surface area contributed by atoms with E-state index in [1.165, 1.54) is 38.5 Å². The number of phosphoric ester groups is 1. The Morgan fingerprint density at radius 2 is 0.963 bits per heavy atom. The summed E-state index contributed by atoms with van der Waals surface area (Å²) in [7, 11) is -4.56. The molecule has 0 aromatic carbocycles. The van der Waals surface area contributed by atoms with Gasteiger partial charge in [0.05, 0.1) is 13.2 Å². The van der Waals surface area contributed by atoms with Crippen LogP contribution in [0.1, 0.15) is 98.8 Å². The molecule has 0 unspecified atom stereocenters. The number of phosphoric acid groups is 1. The van der Waals surface area contributed by atoms with Crippen molar-refractivity contribution in [3.05, 3.63) is 0 Å². The summed E-state index contributed by atoms with van der Waals surface area (Å²) in [6.07, 6.45) is 16.8. The zero-order valence-corrected chi connectivity index (χ0v) is 21.1. The van der Waals surface area contributed by atoms with Crippen LogP contribution in [0.2, 0.25) is 0 Å². The molecule has 0 bridgehead atoms. The van der Waals surface area contributed by atoms with E-state index in [4.69, 9.17) is 13.9 Å². The van der Waals surface area contributed by atoms with E-state index in [-0.39, 0.29) is 13.2 Å². The Bertz CT molecular complexity index is 315. The monoisotopic (exact) mass is 428 g/mol. The molecule has 0 radical (unpaired) electrons. The SMILES string of the molecule is CCCCOP(=O)(O)OCCCC.CCCC[PH](C)(CCCC)CCCC. The minimum atomic E-state index is -3.75. The van der Waals surface area contributed by atoms with Gasteiger partial charge in [-0.1, -0.05) is 26.7 Å². The van der Waals surface area contributed by atoms with Crippen molar-refractivity contribution in [2.24, 2.45) is 0 Å². The van der Waals surface area contributed by atoms with Crippen molar-refractivity contribution in [2.75, 3.05) is 38.4 Å². The molecule has 168 valence electrons. The summed E-state index contributed by atoms with van der Waals surface area (Å²) in [5.74, 6) is 0. The molecule has 0 saturated carbocycles. The molecular weight excluding hydrogens is 378 g/mol. The van der Waals surface area contributed by atoms with Gasteiger partial charge >= 0.3 is 99.5 Å². The molecule has 6 heteroatoms. The summed E-state index contributed by atoms with van der Waals surface area (Å²) in [4.78, 5) is 9.08. The number of unbranched alkanes of at least 4 members (excludes halogenated alkanes) is 5. The topological polar surface area (TPSA) is 55.8 Å². The average Bonchev–Trinajstić information content (AvgIpc) is 2.64. The molecule has 0 rings (SSSR count). The summed E-state index contributed by atoms with van der Waals surface area (Å²) in [5, 5.41) is 0. The molecule has 0 spiro atoms. The van der Waals surface area contributed by atoms with Gasteiger partial charge in [0.15, 0.2) is 0 Å². The van der Waals surface area contributed by atoms with Crippen molar-refractivity contribution in [3.8, 4) is 0 Å². The van der Waals surface area contributed by atoms with Crippen LogP contribution in [0.4, 0.5) is 0 Å². The van der Waals surface area contributed by atoms with Crippen LogP contribution in [0.3, 0.4) is 0 Å². The number of rotatable bonds is 17. The molecule has 0 aliphatic heterocycles. The van der Waals surface area contributed by atoms with Crippen molar-refractivity contribution < 1.29 is 18.5 Å². The molecule has 0 amide bonds. The van der Waals surface area contributed by atoms with E-state index >= 15 is 0 Å². The Morgan fingerprint density at radius 1 is 0.667 bits per heavy atom. The summed E-state index contributed by atoms with van der Waals surface area (Å²) in [5.41, 5.74) is 0. The zero-order chi connectivity index (χ0) is 21.0. The second kappa shape index (κ2) is 19.8. The standard InChI is InChI=1S/C13H31P.C8H19O4P/c1-5-8-11-14(4,12-9-6-2)13-10-7-3;1-3-5-7-11-13(9,10)12-8-6-4-2/h14H,5-13H2,1-4H3;3-8H2,1-2H3,(H,9,10). The van der Waals surface area contributed by atoms with E-state index in [2.05, 4.69) is 27.4 Å². The molecule has 0 aliphatic carbocycles. The second-order valence-corrected chi connectivity index (χ2v) is 14.5. The van der Waals surface area contributed by atoms with Gasteiger partial charge in [0, 0.05) is 0 Å². The van der Waals surface area contributed by atoms with E-state index in [1.807, 2.05) is 13.8 Å². The van der Waals surface area contributed by atoms with Crippen LogP contribution in [0.15, 0.2) is 0 Å². The van der Waals surface area contributed by atoms with E-state index < -0.39 is 15.1 Å². The Balaban J connectivity index is 0. The van der Waals surface area contributed by atoms with E-state index in [0.717, 1.165) is 25.7 Å². The first kappa shape index (κ1) is 29.7. The van der Waals surface area contributed by atoms with Gasteiger partial charge < -0.3 is 4.89 Å². The number of hydrogen-bond donors (Lipinski definition) is 1.